The van der Waals surface area contributed by atoms with E-state index in [9.17, 15) is 4.79 Å². The number of hydrogen-bond donors (Lipinski definition) is 2. The number of benzene rings is 1. The molecule has 0 fully saturated rings. The third-order valence-electron chi connectivity index (χ3n) is 1.63. The fourth-order valence-electron chi connectivity index (χ4n) is 1.02. The molecule has 0 aromatic heterocycles. The topological polar surface area (TPSA) is 61.1 Å². The Balaban J connectivity index is 3.22. The first-order chi connectivity index (χ1) is 6.54. The molecule has 14 heavy (non-hydrogen) atoms. The molecule has 1 rings (SSSR count). The zero-order valence-corrected chi connectivity index (χ0v) is 10.0. The predicted octanol–water partition coefficient (Wildman–Crippen LogP) is 2.08. The van der Waals surface area contributed by atoms with Gasteiger partial charge in [0.15, 0.2) is 0 Å². The smallest absolute Gasteiger partial charge is 0.307 e. The van der Waals surface area contributed by atoms with Crippen molar-refractivity contribution >= 4 is 41.2 Å². The number of aliphatic carboxylic acids is 1. The summed E-state index contributed by atoms with van der Waals surface area (Å²) in [5, 5.41) is 17.4. The van der Waals surface area contributed by atoms with E-state index in [4.69, 9.17) is 10.4 Å². The van der Waals surface area contributed by atoms with Crippen LogP contribution in [0.1, 0.15) is 11.1 Å². The highest BCUT2D eigenvalue weighted by Gasteiger charge is 2.09. The highest BCUT2D eigenvalue weighted by Crippen LogP contribution is 2.21. The maximum Gasteiger partial charge on any atom is 0.307 e. The van der Waals surface area contributed by atoms with Crippen molar-refractivity contribution in [3.05, 3.63) is 26.8 Å². The summed E-state index contributed by atoms with van der Waals surface area (Å²) in [7, 11) is 0. The average molecular weight is 319 g/mol. The van der Waals surface area contributed by atoms with Gasteiger partial charge in [-0.1, -0.05) is 0 Å². The maximum absolute atomic E-state index is 10.5. The molecule has 0 radical (unpaired) electrons. The van der Waals surface area contributed by atoms with Crippen LogP contribution in [0.2, 0.25) is 0 Å². The molecule has 0 atom stereocenters. The van der Waals surface area contributed by atoms with E-state index in [-0.39, 0.29) is 6.42 Å². The Morgan fingerprint density at radius 2 is 2.29 bits per heavy atom. The summed E-state index contributed by atoms with van der Waals surface area (Å²) in [6, 6.07) is 5.23. The number of carbonyl (C=O) groups is 1. The van der Waals surface area contributed by atoms with Gasteiger partial charge in [0.2, 0.25) is 0 Å². The molecule has 0 aliphatic carbocycles. The number of nitrogens with zero attached hydrogens (tertiary/aromatic N) is 1. The molecule has 1 N–H and O–H groups in total. The van der Waals surface area contributed by atoms with Crippen LogP contribution in [0.4, 0.5) is 0 Å². The minimum Gasteiger partial charge on any atom is -0.481 e. The fourth-order valence-corrected chi connectivity index (χ4v) is 1.71. The number of hydrogen-bond acceptors (Lipinski definition) is 3. The number of nitriles is 1. The summed E-state index contributed by atoms with van der Waals surface area (Å²) >= 11 is 6.21. The normalized spacial score (nSPS) is 9.50. The molecule has 0 aliphatic rings. The molecule has 1 aromatic rings. The lowest BCUT2D eigenvalue weighted by atomic mass is 10.1. The van der Waals surface area contributed by atoms with Gasteiger partial charge in [0.1, 0.15) is 0 Å². The van der Waals surface area contributed by atoms with Crippen LogP contribution < -0.4 is 0 Å². The van der Waals surface area contributed by atoms with E-state index in [0.717, 1.165) is 3.57 Å². The Bertz CT molecular complexity index is 426. The monoisotopic (exact) mass is 319 g/mol. The summed E-state index contributed by atoms with van der Waals surface area (Å²) in [5.74, 6) is -0.949. The molecule has 0 saturated heterocycles. The van der Waals surface area contributed by atoms with Gasteiger partial charge in [-0.25, -0.2) is 0 Å². The van der Waals surface area contributed by atoms with Crippen molar-refractivity contribution in [2.75, 3.05) is 0 Å². The van der Waals surface area contributed by atoms with Crippen molar-refractivity contribution in [1.82, 2.24) is 0 Å². The van der Waals surface area contributed by atoms with Gasteiger partial charge in [-0.2, -0.15) is 5.26 Å². The predicted molar refractivity (Wildman–Crippen MR) is 62.5 cm³/mol. The highest BCUT2D eigenvalue weighted by atomic mass is 127. The van der Waals surface area contributed by atoms with Crippen molar-refractivity contribution in [3.8, 4) is 6.07 Å². The van der Waals surface area contributed by atoms with Gasteiger partial charge in [0, 0.05) is 8.47 Å². The van der Waals surface area contributed by atoms with E-state index in [2.05, 4.69) is 12.6 Å². The second kappa shape index (κ2) is 4.66. The van der Waals surface area contributed by atoms with E-state index < -0.39 is 5.97 Å². The minimum atomic E-state index is -0.949. The molecule has 0 spiro atoms. The number of carboxylic acids is 1. The van der Waals surface area contributed by atoms with Crippen LogP contribution in [-0.2, 0) is 11.2 Å². The van der Waals surface area contributed by atoms with Crippen molar-refractivity contribution < 1.29 is 9.90 Å². The Morgan fingerprint density at radius 3 is 2.79 bits per heavy atom. The van der Waals surface area contributed by atoms with E-state index in [1.807, 2.05) is 28.7 Å². The van der Waals surface area contributed by atoms with Crippen molar-refractivity contribution in [2.24, 2.45) is 0 Å². The number of halogens is 1. The average Bonchev–Trinajstić information content (AvgIpc) is 2.10. The van der Waals surface area contributed by atoms with Gasteiger partial charge in [0.25, 0.3) is 0 Å². The first-order valence-corrected chi connectivity index (χ1v) is 5.20. The molecule has 0 bridgehead atoms. The van der Waals surface area contributed by atoms with Crippen molar-refractivity contribution in [1.29, 1.82) is 5.26 Å². The largest absolute Gasteiger partial charge is 0.481 e. The van der Waals surface area contributed by atoms with Crippen LogP contribution in [0, 0.1) is 14.9 Å². The van der Waals surface area contributed by atoms with Crippen LogP contribution in [0.3, 0.4) is 0 Å². The van der Waals surface area contributed by atoms with Gasteiger partial charge >= 0.3 is 5.97 Å². The van der Waals surface area contributed by atoms with Crippen LogP contribution in [-0.4, -0.2) is 11.1 Å². The maximum atomic E-state index is 10.5. The zero-order chi connectivity index (χ0) is 10.7. The molecule has 0 amide bonds. The van der Waals surface area contributed by atoms with E-state index in [1.165, 1.54) is 0 Å². The molecule has 0 heterocycles. The molecule has 0 saturated carbocycles. The Hall–Kier alpha value is -0.740. The zero-order valence-electron chi connectivity index (χ0n) is 6.99. The first kappa shape index (κ1) is 11.3. The van der Waals surface area contributed by atoms with Crippen LogP contribution in [0.15, 0.2) is 17.0 Å². The molecule has 72 valence electrons. The molecular formula is C9H6INO2S. The molecular weight excluding hydrogens is 313 g/mol. The first-order valence-electron chi connectivity index (χ1n) is 3.68. The highest BCUT2D eigenvalue weighted by molar-refractivity contribution is 14.1. The Morgan fingerprint density at radius 1 is 1.64 bits per heavy atom. The molecule has 1 aromatic carbocycles. The lowest BCUT2D eigenvalue weighted by Crippen LogP contribution is -2.02. The van der Waals surface area contributed by atoms with Gasteiger partial charge in [0.05, 0.1) is 18.1 Å². The quantitative estimate of drug-likeness (QED) is 0.648. The Kier molecular flexibility index (Phi) is 3.77. The summed E-state index contributed by atoms with van der Waals surface area (Å²) in [4.78, 5) is 11.2. The third kappa shape index (κ3) is 2.62. The third-order valence-corrected chi connectivity index (χ3v) is 3.32. The van der Waals surface area contributed by atoms with Gasteiger partial charge in [-0.3, -0.25) is 4.79 Å². The van der Waals surface area contributed by atoms with E-state index in [0.29, 0.717) is 16.0 Å². The van der Waals surface area contributed by atoms with Crippen molar-refractivity contribution in [3.63, 3.8) is 0 Å². The van der Waals surface area contributed by atoms with Gasteiger partial charge in [-0.15, -0.1) is 12.6 Å². The summed E-state index contributed by atoms with van der Waals surface area (Å²) in [6.45, 7) is 0. The Labute approximate surface area is 100 Å². The second-order valence-corrected chi connectivity index (χ2v) is 4.29. The van der Waals surface area contributed by atoms with E-state index in [1.54, 1.807) is 12.1 Å². The van der Waals surface area contributed by atoms with Crippen LogP contribution in [0.5, 0.6) is 0 Å². The summed E-state index contributed by atoms with van der Waals surface area (Å²) in [5.41, 5.74) is 0.903. The molecule has 0 aliphatic heterocycles. The van der Waals surface area contributed by atoms with Crippen LogP contribution >= 0.6 is 35.2 Å². The SMILES string of the molecule is N#Cc1cc(I)c(S)cc1CC(=O)O. The van der Waals surface area contributed by atoms with Crippen molar-refractivity contribution in [2.45, 2.75) is 11.3 Å². The van der Waals surface area contributed by atoms with E-state index >= 15 is 0 Å². The number of carboxylic acid groups (broad SMARTS) is 1. The van der Waals surface area contributed by atoms with Gasteiger partial charge in [-0.05, 0) is 40.3 Å². The van der Waals surface area contributed by atoms with Gasteiger partial charge < -0.3 is 5.11 Å². The number of thiol groups is 1. The fraction of sp³-hybridized carbons (Fsp3) is 0.111. The lowest BCUT2D eigenvalue weighted by Gasteiger charge is -2.03. The minimum absolute atomic E-state index is 0.145. The number of rotatable bonds is 2. The lowest BCUT2D eigenvalue weighted by molar-refractivity contribution is -0.136. The molecule has 5 heteroatoms. The van der Waals surface area contributed by atoms with Crippen LogP contribution in [0.25, 0.3) is 0 Å². The summed E-state index contributed by atoms with van der Waals surface area (Å²) < 4.78 is 0.844. The standard InChI is InChI=1S/C9H6INO2S/c10-7-1-6(4-11)5(2-8(7)14)3-9(12)13/h1-2,14H,3H2,(H,12,13). The second-order valence-electron chi connectivity index (χ2n) is 2.64. The molecule has 0 unspecified atom stereocenters. The molecule has 3 nitrogen and oxygen atoms in total. The summed E-state index contributed by atoms with van der Waals surface area (Å²) in [6.07, 6.45) is -0.145.